The van der Waals surface area contributed by atoms with Crippen LogP contribution in [-0.2, 0) is 22.9 Å². The fraction of sp³-hybridized carbons (Fsp3) is 0.769. The summed E-state index contributed by atoms with van der Waals surface area (Å²) in [4.78, 5) is 4.27. The molecule has 5 nitrogen and oxygen atoms in total. The van der Waals surface area contributed by atoms with Crippen molar-refractivity contribution < 1.29 is 8.42 Å². The summed E-state index contributed by atoms with van der Waals surface area (Å²) >= 11 is 0. The van der Waals surface area contributed by atoms with E-state index in [2.05, 4.69) is 24.1 Å². The molecule has 110 valence electrons. The Hall–Kier alpha value is -0.880. The number of imidazole rings is 1. The van der Waals surface area contributed by atoms with Crippen LogP contribution in [0.1, 0.15) is 32.9 Å². The number of hydrogen-bond donors (Lipinski definition) is 1. The van der Waals surface area contributed by atoms with Crippen LogP contribution in [0.5, 0.6) is 0 Å². The first kappa shape index (κ1) is 16.2. The van der Waals surface area contributed by atoms with Crippen molar-refractivity contribution in [3.05, 3.63) is 18.2 Å². The van der Waals surface area contributed by atoms with E-state index in [4.69, 9.17) is 0 Å². The smallest absolute Gasteiger partial charge is 0.152 e. The largest absolute Gasteiger partial charge is 0.336 e. The molecule has 6 heteroatoms. The van der Waals surface area contributed by atoms with Gasteiger partial charge >= 0.3 is 0 Å². The summed E-state index contributed by atoms with van der Waals surface area (Å²) in [6.07, 6.45) is 4.29. The first-order chi connectivity index (χ1) is 8.93. The number of rotatable bonds is 9. The third-order valence-electron chi connectivity index (χ3n) is 2.72. The van der Waals surface area contributed by atoms with Crippen molar-refractivity contribution >= 4 is 9.84 Å². The molecule has 1 aromatic heterocycles. The summed E-state index contributed by atoms with van der Waals surface area (Å²) < 4.78 is 25.1. The fourth-order valence-electron chi connectivity index (χ4n) is 1.77. The third kappa shape index (κ3) is 6.73. The van der Waals surface area contributed by atoms with Gasteiger partial charge in [0.2, 0.25) is 0 Å². The highest BCUT2D eigenvalue weighted by molar-refractivity contribution is 7.91. The Kier molecular flexibility index (Phi) is 6.51. The highest BCUT2D eigenvalue weighted by Crippen LogP contribution is 2.00. The zero-order valence-corrected chi connectivity index (χ0v) is 12.9. The van der Waals surface area contributed by atoms with E-state index in [-0.39, 0.29) is 11.5 Å². The standard InChI is InChI=1S/C13H25N3O2S/c1-4-6-19(17,18)7-5-16-10-13(15-11-16)9-14-8-12(2)3/h10-12,14H,4-9H2,1-3H3. The van der Waals surface area contributed by atoms with Gasteiger partial charge in [0.1, 0.15) is 0 Å². The van der Waals surface area contributed by atoms with Gasteiger partial charge in [0, 0.05) is 25.0 Å². The minimum atomic E-state index is -2.91. The Morgan fingerprint density at radius 1 is 1.37 bits per heavy atom. The van der Waals surface area contributed by atoms with Gasteiger partial charge in [0.05, 0.1) is 17.8 Å². The molecule has 0 bridgehead atoms. The predicted octanol–water partition coefficient (Wildman–Crippen LogP) is 1.45. The third-order valence-corrected chi connectivity index (χ3v) is 4.56. The van der Waals surface area contributed by atoms with Crippen molar-refractivity contribution in [3.63, 3.8) is 0 Å². The molecule has 0 amide bonds. The average Bonchev–Trinajstić information content (AvgIpc) is 2.74. The molecule has 0 aliphatic carbocycles. The van der Waals surface area contributed by atoms with Crippen LogP contribution in [-0.4, -0.2) is 36.0 Å². The Bertz CT molecular complexity index is 466. The number of hydrogen-bond acceptors (Lipinski definition) is 4. The number of nitrogens with zero attached hydrogens (tertiary/aromatic N) is 2. The number of sulfone groups is 1. The monoisotopic (exact) mass is 287 g/mol. The second-order valence-electron chi connectivity index (χ2n) is 5.28. The van der Waals surface area contributed by atoms with Crippen molar-refractivity contribution in [1.82, 2.24) is 14.9 Å². The Labute approximate surface area is 116 Å². The molecule has 0 aliphatic heterocycles. The second kappa shape index (κ2) is 7.65. The molecule has 1 rings (SSSR count). The maximum Gasteiger partial charge on any atom is 0.152 e. The van der Waals surface area contributed by atoms with Crippen molar-refractivity contribution in [2.24, 2.45) is 5.92 Å². The minimum absolute atomic E-state index is 0.191. The van der Waals surface area contributed by atoms with Crippen LogP contribution >= 0.6 is 0 Å². The van der Waals surface area contributed by atoms with Crippen LogP contribution in [0, 0.1) is 5.92 Å². The van der Waals surface area contributed by atoms with Crippen LogP contribution in [0.2, 0.25) is 0 Å². The molecule has 1 heterocycles. The zero-order valence-electron chi connectivity index (χ0n) is 12.1. The number of aromatic nitrogens is 2. The summed E-state index contributed by atoms with van der Waals surface area (Å²) in [6.45, 7) is 8.37. The van der Waals surface area contributed by atoms with Gasteiger partial charge in [0.15, 0.2) is 9.84 Å². The summed E-state index contributed by atoms with van der Waals surface area (Å²) in [7, 11) is -2.91. The molecule has 0 saturated carbocycles. The van der Waals surface area contributed by atoms with Gasteiger partial charge in [-0.15, -0.1) is 0 Å². The molecule has 0 saturated heterocycles. The molecule has 1 aromatic rings. The highest BCUT2D eigenvalue weighted by Gasteiger charge is 2.09. The SMILES string of the molecule is CCCS(=O)(=O)CCn1cnc(CNCC(C)C)c1. The van der Waals surface area contributed by atoms with Gasteiger partial charge in [0.25, 0.3) is 0 Å². The molecule has 0 aromatic carbocycles. The van der Waals surface area contributed by atoms with Crippen LogP contribution in [0.15, 0.2) is 12.5 Å². The lowest BCUT2D eigenvalue weighted by atomic mass is 10.2. The summed E-state index contributed by atoms with van der Waals surface area (Å²) in [5.74, 6) is 1.07. The van der Waals surface area contributed by atoms with Gasteiger partial charge < -0.3 is 9.88 Å². The molecule has 0 atom stereocenters. The quantitative estimate of drug-likeness (QED) is 0.747. The maximum atomic E-state index is 11.6. The summed E-state index contributed by atoms with van der Waals surface area (Å²) in [5.41, 5.74) is 0.952. The zero-order chi connectivity index (χ0) is 14.3. The van der Waals surface area contributed by atoms with Gasteiger partial charge in [-0.05, 0) is 18.9 Å². The first-order valence-corrected chi connectivity index (χ1v) is 8.67. The predicted molar refractivity (Wildman–Crippen MR) is 77.7 cm³/mol. The fourth-order valence-corrected chi connectivity index (χ4v) is 3.08. The maximum absolute atomic E-state index is 11.6. The average molecular weight is 287 g/mol. The molecule has 19 heavy (non-hydrogen) atoms. The van der Waals surface area contributed by atoms with E-state index in [1.807, 2.05) is 17.7 Å². The van der Waals surface area contributed by atoms with Crippen LogP contribution in [0.3, 0.4) is 0 Å². The van der Waals surface area contributed by atoms with Crippen molar-refractivity contribution in [2.45, 2.75) is 40.3 Å². The van der Waals surface area contributed by atoms with Crippen LogP contribution < -0.4 is 5.32 Å². The summed E-state index contributed by atoms with van der Waals surface area (Å²) in [6, 6.07) is 0. The minimum Gasteiger partial charge on any atom is -0.336 e. The van der Waals surface area contributed by atoms with E-state index < -0.39 is 9.84 Å². The normalized spacial score (nSPS) is 12.2. The molecule has 1 N–H and O–H groups in total. The van der Waals surface area contributed by atoms with Gasteiger partial charge in [-0.3, -0.25) is 0 Å². The number of aryl methyl sites for hydroxylation is 1. The van der Waals surface area contributed by atoms with Gasteiger partial charge in [-0.2, -0.15) is 0 Å². The lowest BCUT2D eigenvalue weighted by Gasteiger charge is -2.05. The van der Waals surface area contributed by atoms with E-state index in [1.165, 1.54) is 0 Å². The van der Waals surface area contributed by atoms with E-state index in [9.17, 15) is 8.42 Å². The number of nitrogens with one attached hydrogen (secondary N) is 1. The Balaban J connectivity index is 2.38. The molecular weight excluding hydrogens is 262 g/mol. The molecule has 0 unspecified atom stereocenters. The van der Waals surface area contributed by atoms with Crippen molar-refractivity contribution in [2.75, 3.05) is 18.1 Å². The van der Waals surface area contributed by atoms with E-state index >= 15 is 0 Å². The molecule has 0 fully saturated rings. The van der Waals surface area contributed by atoms with Crippen molar-refractivity contribution in [1.29, 1.82) is 0 Å². The summed E-state index contributed by atoms with van der Waals surface area (Å²) in [5, 5.41) is 3.31. The Morgan fingerprint density at radius 3 is 2.74 bits per heavy atom. The lowest BCUT2D eigenvalue weighted by Crippen LogP contribution is -2.19. The lowest BCUT2D eigenvalue weighted by molar-refractivity contribution is 0.548. The second-order valence-corrected chi connectivity index (χ2v) is 7.58. The van der Waals surface area contributed by atoms with Crippen LogP contribution in [0.4, 0.5) is 0 Å². The molecule has 0 radical (unpaired) electrons. The van der Waals surface area contributed by atoms with E-state index in [1.54, 1.807) is 6.33 Å². The van der Waals surface area contributed by atoms with Crippen LogP contribution in [0.25, 0.3) is 0 Å². The highest BCUT2D eigenvalue weighted by atomic mass is 32.2. The van der Waals surface area contributed by atoms with Gasteiger partial charge in [-0.1, -0.05) is 20.8 Å². The van der Waals surface area contributed by atoms with E-state index in [0.717, 1.165) is 18.8 Å². The van der Waals surface area contributed by atoms with E-state index in [0.29, 0.717) is 18.9 Å². The molecular formula is C13H25N3O2S. The van der Waals surface area contributed by atoms with Crippen molar-refractivity contribution in [3.8, 4) is 0 Å². The topological polar surface area (TPSA) is 64.0 Å². The molecule has 0 spiro atoms. The Morgan fingerprint density at radius 2 is 2.11 bits per heavy atom. The molecule has 0 aliphatic rings. The van der Waals surface area contributed by atoms with Gasteiger partial charge in [-0.25, -0.2) is 13.4 Å². The first-order valence-electron chi connectivity index (χ1n) is 6.84.